The van der Waals surface area contributed by atoms with E-state index in [1.807, 2.05) is 4.68 Å². The summed E-state index contributed by atoms with van der Waals surface area (Å²) in [6, 6.07) is 4.58. The lowest BCUT2D eigenvalue weighted by Gasteiger charge is -2.07. The standard InChI is InChI=1S/C12H11BrFN3/c13-9-6-7(14)4-5-11(9)17-10-3-1-2-8(10)12(15)16-17/h4-6H,1-3H2,(H2,15,16). The molecule has 0 atom stereocenters. The first kappa shape index (κ1) is 10.8. The van der Waals surface area contributed by atoms with E-state index in [-0.39, 0.29) is 5.82 Å². The molecule has 1 aliphatic rings. The third-order valence-corrected chi connectivity index (χ3v) is 3.73. The summed E-state index contributed by atoms with van der Waals surface area (Å²) >= 11 is 3.36. The third-order valence-electron chi connectivity index (χ3n) is 3.10. The summed E-state index contributed by atoms with van der Waals surface area (Å²) in [7, 11) is 0. The minimum absolute atomic E-state index is 0.266. The average Bonchev–Trinajstić information content (AvgIpc) is 2.84. The van der Waals surface area contributed by atoms with E-state index < -0.39 is 0 Å². The van der Waals surface area contributed by atoms with Crippen molar-refractivity contribution in [1.82, 2.24) is 9.78 Å². The fraction of sp³-hybridized carbons (Fsp3) is 0.250. The summed E-state index contributed by atoms with van der Waals surface area (Å²) in [5, 5.41) is 4.33. The summed E-state index contributed by atoms with van der Waals surface area (Å²) in [5.41, 5.74) is 9.01. The van der Waals surface area contributed by atoms with Crippen LogP contribution in [-0.4, -0.2) is 9.78 Å². The Labute approximate surface area is 107 Å². The highest BCUT2D eigenvalue weighted by Gasteiger charge is 2.22. The van der Waals surface area contributed by atoms with Gasteiger partial charge in [-0.1, -0.05) is 0 Å². The van der Waals surface area contributed by atoms with E-state index in [1.54, 1.807) is 6.07 Å². The van der Waals surface area contributed by atoms with Crippen LogP contribution in [-0.2, 0) is 12.8 Å². The molecule has 88 valence electrons. The molecule has 0 bridgehead atoms. The highest BCUT2D eigenvalue weighted by atomic mass is 79.9. The van der Waals surface area contributed by atoms with Gasteiger partial charge in [0.15, 0.2) is 0 Å². The van der Waals surface area contributed by atoms with Crippen molar-refractivity contribution in [1.29, 1.82) is 0 Å². The van der Waals surface area contributed by atoms with Gasteiger partial charge in [-0.05, 0) is 53.4 Å². The molecule has 1 aromatic heterocycles. The van der Waals surface area contributed by atoms with Crippen LogP contribution in [0.4, 0.5) is 10.2 Å². The lowest BCUT2D eigenvalue weighted by molar-refractivity contribution is 0.625. The molecule has 0 unspecified atom stereocenters. The van der Waals surface area contributed by atoms with E-state index in [9.17, 15) is 4.39 Å². The van der Waals surface area contributed by atoms with Crippen molar-refractivity contribution < 1.29 is 4.39 Å². The van der Waals surface area contributed by atoms with Crippen LogP contribution < -0.4 is 5.73 Å². The van der Waals surface area contributed by atoms with Crippen LogP contribution in [0.5, 0.6) is 0 Å². The minimum atomic E-state index is -0.266. The number of nitrogen functional groups attached to an aromatic ring is 1. The van der Waals surface area contributed by atoms with Gasteiger partial charge in [-0.15, -0.1) is 0 Å². The van der Waals surface area contributed by atoms with Crippen molar-refractivity contribution in [2.45, 2.75) is 19.3 Å². The molecular weight excluding hydrogens is 285 g/mol. The summed E-state index contributed by atoms with van der Waals surface area (Å²) in [5.74, 6) is 0.325. The predicted octanol–water partition coefficient (Wildman–Crippen LogP) is 2.84. The van der Waals surface area contributed by atoms with E-state index >= 15 is 0 Å². The van der Waals surface area contributed by atoms with Crippen LogP contribution in [0.25, 0.3) is 5.69 Å². The lowest BCUT2D eigenvalue weighted by Crippen LogP contribution is -2.03. The monoisotopic (exact) mass is 295 g/mol. The molecule has 0 aliphatic heterocycles. The maximum Gasteiger partial charge on any atom is 0.149 e. The average molecular weight is 296 g/mol. The van der Waals surface area contributed by atoms with Crippen molar-refractivity contribution in [3.63, 3.8) is 0 Å². The van der Waals surface area contributed by atoms with E-state index in [2.05, 4.69) is 21.0 Å². The fourth-order valence-corrected chi connectivity index (χ4v) is 2.84. The van der Waals surface area contributed by atoms with Crippen LogP contribution in [0.15, 0.2) is 22.7 Å². The van der Waals surface area contributed by atoms with Gasteiger partial charge in [0.05, 0.1) is 5.69 Å². The van der Waals surface area contributed by atoms with Crippen molar-refractivity contribution >= 4 is 21.7 Å². The molecule has 3 nitrogen and oxygen atoms in total. The number of rotatable bonds is 1. The molecule has 1 aromatic carbocycles. The van der Waals surface area contributed by atoms with Crippen molar-refractivity contribution in [3.8, 4) is 5.69 Å². The molecule has 2 N–H and O–H groups in total. The Kier molecular flexibility index (Phi) is 2.43. The van der Waals surface area contributed by atoms with Gasteiger partial charge in [-0.3, -0.25) is 0 Å². The molecule has 0 radical (unpaired) electrons. The number of benzene rings is 1. The molecule has 0 fully saturated rings. The van der Waals surface area contributed by atoms with Crippen molar-refractivity contribution in [3.05, 3.63) is 39.7 Å². The van der Waals surface area contributed by atoms with Gasteiger partial charge in [0, 0.05) is 15.7 Å². The number of hydrogen-bond donors (Lipinski definition) is 1. The highest BCUT2D eigenvalue weighted by Crippen LogP contribution is 2.31. The number of anilines is 1. The molecule has 2 aromatic rings. The number of fused-ring (bicyclic) bond motifs is 1. The first-order valence-electron chi connectivity index (χ1n) is 5.48. The summed E-state index contributed by atoms with van der Waals surface area (Å²) in [6.45, 7) is 0. The Hall–Kier alpha value is -1.36. The number of nitrogens with zero attached hydrogens (tertiary/aromatic N) is 2. The van der Waals surface area contributed by atoms with Gasteiger partial charge in [0.25, 0.3) is 0 Å². The van der Waals surface area contributed by atoms with Crippen LogP contribution in [0.3, 0.4) is 0 Å². The topological polar surface area (TPSA) is 43.8 Å². The maximum absolute atomic E-state index is 13.1. The molecule has 5 heteroatoms. The normalized spacial score (nSPS) is 14.0. The zero-order valence-electron chi connectivity index (χ0n) is 9.08. The smallest absolute Gasteiger partial charge is 0.149 e. The molecule has 17 heavy (non-hydrogen) atoms. The molecule has 0 spiro atoms. The zero-order valence-corrected chi connectivity index (χ0v) is 10.7. The van der Waals surface area contributed by atoms with Crippen LogP contribution in [0.2, 0.25) is 0 Å². The molecule has 0 saturated carbocycles. The van der Waals surface area contributed by atoms with Crippen molar-refractivity contribution in [2.75, 3.05) is 5.73 Å². The Morgan fingerprint density at radius 2 is 2.18 bits per heavy atom. The van der Waals surface area contributed by atoms with Gasteiger partial charge >= 0.3 is 0 Å². The van der Waals surface area contributed by atoms with Crippen molar-refractivity contribution in [2.24, 2.45) is 0 Å². The van der Waals surface area contributed by atoms with Crippen LogP contribution in [0, 0.1) is 5.82 Å². The zero-order chi connectivity index (χ0) is 12.0. The first-order valence-corrected chi connectivity index (χ1v) is 6.28. The fourth-order valence-electron chi connectivity index (χ4n) is 2.32. The van der Waals surface area contributed by atoms with Crippen LogP contribution in [0.1, 0.15) is 17.7 Å². The van der Waals surface area contributed by atoms with Gasteiger partial charge in [0.1, 0.15) is 11.6 Å². The molecule has 3 rings (SSSR count). The van der Waals surface area contributed by atoms with Gasteiger partial charge in [-0.2, -0.15) is 5.10 Å². The predicted molar refractivity (Wildman–Crippen MR) is 67.7 cm³/mol. The Balaban J connectivity index is 2.19. The first-order chi connectivity index (χ1) is 8.16. The third kappa shape index (κ3) is 1.65. The number of halogens is 2. The summed E-state index contributed by atoms with van der Waals surface area (Å²) in [4.78, 5) is 0. The van der Waals surface area contributed by atoms with E-state index in [0.29, 0.717) is 10.3 Å². The largest absolute Gasteiger partial charge is 0.382 e. The van der Waals surface area contributed by atoms with E-state index in [1.165, 1.54) is 12.1 Å². The van der Waals surface area contributed by atoms with Gasteiger partial charge in [-0.25, -0.2) is 9.07 Å². The quantitative estimate of drug-likeness (QED) is 0.879. The van der Waals surface area contributed by atoms with E-state index in [0.717, 1.165) is 36.2 Å². The molecule has 1 aliphatic carbocycles. The lowest BCUT2D eigenvalue weighted by atomic mass is 10.2. The molecule has 0 saturated heterocycles. The van der Waals surface area contributed by atoms with Gasteiger partial charge < -0.3 is 5.73 Å². The molecular formula is C12H11BrFN3. The second-order valence-corrected chi connectivity index (χ2v) is 5.03. The summed E-state index contributed by atoms with van der Waals surface area (Å²) < 4.78 is 15.6. The SMILES string of the molecule is Nc1nn(-c2ccc(F)cc2Br)c2c1CCC2. The number of hydrogen-bond acceptors (Lipinski definition) is 2. The molecule has 0 amide bonds. The molecule has 1 heterocycles. The Bertz CT molecular complexity index is 592. The maximum atomic E-state index is 13.1. The number of aromatic nitrogens is 2. The van der Waals surface area contributed by atoms with E-state index in [4.69, 9.17) is 5.73 Å². The number of nitrogens with two attached hydrogens (primary N) is 1. The van der Waals surface area contributed by atoms with Crippen LogP contribution >= 0.6 is 15.9 Å². The van der Waals surface area contributed by atoms with Gasteiger partial charge in [0.2, 0.25) is 0 Å². The Morgan fingerprint density at radius 1 is 1.35 bits per heavy atom. The summed E-state index contributed by atoms with van der Waals surface area (Å²) in [6.07, 6.45) is 3.07. The second kappa shape index (κ2) is 3.84. The second-order valence-electron chi connectivity index (χ2n) is 4.17. The Morgan fingerprint density at radius 3 is 2.94 bits per heavy atom. The minimum Gasteiger partial charge on any atom is -0.382 e. The highest BCUT2D eigenvalue weighted by molar-refractivity contribution is 9.10.